The first-order valence-electron chi connectivity index (χ1n) is 12.3. The highest BCUT2D eigenvalue weighted by Gasteiger charge is 2.34. The summed E-state index contributed by atoms with van der Waals surface area (Å²) in [6, 6.07) is 13.8. The molecule has 1 N–H and O–H groups in total. The first-order valence-corrected chi connectivity index (χ1v) is 12.3. The third kappa shape index (κ3) is 5.64. The number of amides is 3. The number of aryl methyl sites for hydroxylation is 1. The van der Waals surface area contributed by atoms with Crippen LogP contribution in [0.1, 0.15) is 44.2 Å². The Hall–Kier alpha value is -3.22. The predicted molar refractivity (Wildman–Crippen MR) is 132 cm³/mol. The van der Waals surface area contributed by atoms with Crippen molar-refractivity contribution in [1.29, 1.82) is 0 Å². The van der Waals surface area contributed by atoms with E-state index in [9.17, 15) is 9.59 Å². The summed E-state index contributed by atoms with van der Waals surface area (Å²) >= 11 is 0. The van der Waals surface area contributed by atoms with E-state index in [-0.39, 0.29) is 24.0 Å². The molecule has 1 atom stereocenters. The molecule has 4 rings (SSSR count). The van der Waals surface area contributed by atoms with Crippen molar-refractivity contribution in [3.8, 4) is 11.5 Å². The highest BCUT2D eigenvalue weighted by molar-refractivity contribution is 5.94. The van der Waals surface area contributed by atoms with E-state index in [0.29, 0.717) is 45.6 Å². The molecule has 2 aliphatic heterocycles. The Kier molecular flexibility index (Phi) is 7.60. The second-order valence-corrected chi connectivity index (χ2v) is 9.26. The van der Waals surface area contributed by atoms with Crippen LogP contribution in [-0.2, 0) is 11.3 Å². The standard InChI is InChI=1S/C27H35N3O4/c1-4-15-33-23-8-6-21(7-9-23)17-28-26(31)22-11-13-29(14-12-22)27(32)30-18-20(3)34-25-10-5-19(2)16-24(25)30/h5-10,16,20,22H,4,11-15,17-18H2,1-3H3,(H,28,31). The van der Waals surface area contributed by atoms with E-state index in [0.717, 1.165) is 34.7 Å². The number of carbonyl (C=O) groups is 2. The Labute approximate surface area is 202 Å². The summed E-state index contributed by atoms with van der Waals surface area (Å²) in [7, 11) is 0. The Morgan fingerprint density at radius 2 is 1.85 bits per heavy atom. The molecular formula is C27H35N3O4. The molecule has 3 amide bonds. The number of hydrogen-bond acceptors (Lipinski definition) is 4. The van der Waals surface area contributed by atoms with E-state index in [2.05, 4.69) is 12.2 Å². The van der Waals surface area contributed by atoms with Gasteiger partial charge in [-0.3, -0.25) is 9.69 Å². The summed E-state index contributed by atoms with van der Waals surface area (Å²) in [5.74, 6) is 1.58. The zero-order chi connectivity index (χ0) is 24.1. The van der Waals surface area contributed by atoms with E-state index in [1.54, 1.807) is 0 Å². The minimum atomic E-state index is -0.0747. The van der Waals surface area contributed by atoms with Crippen molar-refractivity contribution in [2.45, 2.75) is 52.7 Å². The van der Waals surface area contributed by atoms with Crippen LogP contribution in [-0.4, -0.2) is 49.2 Å². The fourth-order valence-electron chi connectivity index (χ4n) is 4.49. The molecular weight excluding hydrogens is 430 g/mol. The Bertz CT molecular complexity index is 999. The van der Waals surface area contributed by atoms with Gasteiger partial charge >= 0.3 is 6.03 Å². The third-order valence-electron chi connectivity index (χ3n) is 6.40. The summed E-state index contributed by atoms with van der Waals surface area (Å²) in [6.07, 6.45) is 2.25. The molecule has 1 fully saturated rings. The van der Waals surface area contributed by atoms with Gasteiger partial charge in [-0.25, -0.2) is 4.79 Å². The van der Waals surface area contributed by atoms with Crippen molar-refractivity contribution in [3.05, 3.63) is 53.6 Å². The van der Waals surface area contributed by atoms with Gasteiger partial charge < -0.3 is 19.7 Å². The molecule has 0 saturated carbocycles. The molecule has 2 aromatic rings. The number of anilines is 1. The topological polar surface area (TPSA) is 71.1 Å². The number of urea groups is 1. The monoisotopic (exact) mass is 465 g/mol. The van der Waals surface area contributed by atoms with Crippen molar-refractivity contribution in [1.82, 2.24) is 10.2 Å². The number of carbonyl (C=O) groups excluding carboxylic acids is 2. The first kappa shape index (κ1) is 23.9. The van der Waals surface area contributed by atoms with Crippen LogP contribution < -0.4 is 19.7 Å². The van der Waals surface area contributed by atoms with Crippen molar-refractivity contribution < 1.29 is 19.1 Å². The van der Waals surface area contributed by atoms with Crippen LogP contribution in [0.5, 0.6) is 11.5 Å². The van der Waals surface area contributed by atoms with Gasteiger partial charge in [0.1, 0.15) is 17.6 Å². The number of nitrogens with one attached hydrogen (secondary N) is 1. The molecule has 0 bridgehead atoms. The van der Waals surface area contributed by atoms with Crippen LogP contribution >= 0.6 is 0 Å². The van der Waals surface area contributed by atoms with Gasteiger partial charge in [-0.15, -0.1) is 0 Å². The molecule has 7 nitrogen and oxygen atoms in total. The predicted octanol–water partition coefficient (Wildman–Crippen LogP) is 4.52. The fourth-order valence-corrected chi connectivity index (χ4v) is 4.49. The van der Waals surface area contributed by atoms with Crippen molar-refractivity contribution >= 4 is 17.6 Å². The van der Waals surface area contributed by atoms with Gasteiger partial charge in [0.2, 0.25) is 5.91 Å². The number of benzene rings is 2. The SMILES string of the molecule is CCCOc1ccc(CNC(=O)C2CCN(C(=O)N3CC(C)Oc4ccc(C)cc43)CC2)cc1. The van der Waals surface area contributed by atoms with Gasteiger partial charge in [0.15, 0.2) is 0 Å². The van der Waals surface area contributed by atoms with Crippen molar-refractivity contribution in [2.24, 2.45) is 5.92 Å². The maximum Gasteiger partial charge on any atom is 0.324 e. The quantitative estimate of drug-likeness (QED) is 0.681. The van der Waals surface area contributed by atoms with Crippen molar-refractivity contribution in [3.63, 3.8) is 0 Å². The summed E-state index contributed by atoms with van der Waals surface area (Å²) in [5.41, 5.74) is 2.96. The smallest absolute Gasteiger partial charge is 0.324 e. The van der Waals surface area contributed by atoms with Gasteiger partial charge in [-0.1, -0.05) is 25.1 Å². The van der Waals surface area contributed by atoms with E-state index < -0.39 is 0 Å². The Balaban J connectivity index is 1.28. The minimum Gasteiger partial charge on any atom is -0.494 e. The Morgan fingerprint density at radius 1 is 1.12 bits per heavy atom. The average Bonchev–Trinajstić information content (AvgIpc) is 2.86. The fraction of sp³-hybridized carbons (Fsp3) is 0.481. The van der Waals surface area contributed by atoms with Crippen LogP contribution in [0.25, 0.3) is 0 Å². The normalized spacial score (nSPS) is 18.1. The molecule has 1 saturated heterocycles. The van der Waals surface area contributed by atoms with Gasteiger partial charge in [-0.2, -0.15) is 0 Å². The summed E-state index contributed by atoms with van der Waals surface area (Å²) in [6.45, 7) is 8.94. The molecule has 2 heterocycles. The first-order chi connectivity index (χ1) is 16.4. The van der Waals surface area contributed by atoms with E-state index in [1.165, 1.54) is 0 Å². The molecule has 0 aromatic heterocycles. The average molecular weight is 466 g/mol. The summed E-state index contributed by atoms with van der Waals surface area (Å²) in [4.78, 5) is 29.8. The number of likely N-dealkylation sites (tertiary alicyclic amines) is 1. The molecule has 0 aliphatic carbocycles. The second kappa shape index (κ2) is 10.8. The Morgan fingerprint density at radius 3 is 2.56 bits per heavy atom. The lowest BCUT2D eigenvalue weighted by molar-refractivity contribution is -0.126. The zero-order valence-corrected chi connectivity index (χ0v) is 20.4. The van der Waals surface area contributed by atoms with Crippen LogP contribution in [0, 0.1) is 12.8 Å². The summed E-state index contributed by atoms with van der Waals surface area (Å²) in [5, 5.41) is 3.05. The second-order valence-electron chi connectivity index (χ2n) is 9.26. The number of piperidine rings is 1. The largest absolute Gasteiger partial charge is 0.494 e. The van der Waals surface area contributed by atoms with Crippen molar-refractivity contribution in [2.75, 3.05) is 31.1 Å². The van der Waals surface area contributed by atoms with E-state index in [1.807, 2.05) is 66.1 Å². The zero-order valence-electron chi connectivity index (χ0n) is 20.4. The van der Waals surface area contributed by atoms with Crippen LogP contribution in [0.2, 0.25) is 0 Å². The number of fused-ring (bicyclic) bond motifs is 1. The lowest BCUT2D eigenvalue weighted by Crippen LogP contribution is -2.52. The van der Waals surface area contributed by atoms with Crippen LogP contribution in [0.4, 0.5) is 10.5 Å². The van der Waals surface area contributed by atoms with Gasteiger partial charge in [0, 0.05) is 25.6 Å². The molecule has 0 radical (unpaired) electrons. The van der Waals surface area contributed by atoms with Crippen LogP contribution in [0.15, 0.2) is 42.5 Å². The molecule has 0 spiro atoms. The highest BCUT2D eigenvalue weighted by atomic mass is 16.5. The maximum atomic E-state index is 13.3. The van der Waals surface area contributed by atoms with Gasteiger partial charge in [0.05, 0.1) is 18.8 Å². The number of nitrogens with zero attached hydrogens (tertiary/aromatic N) is 2. The maximum absolute atomic E-state index is 13.3. The third-order valence-corrected chi connectivity index (χ3v) is 6.40. The molecule has 2 aromatic carbocycles. The summed E-state index contributed by atoms with van der Waals surface area (Å²) < 4.78 is 11.5. The van der Waals surface area contributed by atoms with Gasteiger partial charge in [-0.05, 0) is 68.5 Å². The van der Waals surface area contributed by atoms with Gasteiger partial charge in [0.25, 0.3) is 0 Å². The molecule has 1 unspecified atom stereocenters. The number of hydrogen-bond donors (Lipinski definition) is 1. The molecule has 34 heavy (non-hydrogen) atoms. The highest BCUT2D eigenvalue weighted by Crippen LogP contribution is 2.35. The minimum absolute atomic E-state index is 0.00811. The molecule has 7 heteroatoms. The van der Waals surface area contributed by atoms with E-state index >= 15 is 0 Å². The number of rotatable bonds is 6. The lowest BCUT2D eigenvalue weighted by Gasteiger charge is -2.39. The van der Waals surface area contributed by atoms with E-state index in [4.69, 9.17) is 9.47 Å². The number of ether oxygens (including phenoxy) is 2. The molecule has 182 valence electrons. The molecule has 2 aliphatic rings. The lowest BCUT2D eigenvalue weighted by atomic mass is 9.96. The van der Waals surface area contributed by atoms with Crippen LogP contribution in [0.3, 0.4) is 0 Å².